The van der Waals surface area contributed by atoms with Crippen LogP contribution in [0.25, 0.3) is 0 Å². The van der Waals surface area contributed by atoms with Gasteiger partial charge in [-0.25, -0.2) is 4.79 Å². The number of halogens is 3. The lowest BCUT2D eigenvalue weighted by Gasteiger charge is -2.43. The standard InChI is InChI=1S/C20H27F3N2O3/c1-14(26)5-8-17-13-24(18(27)28-19(2,3)4)11-12-25(17)16-9-6-15(7-10-16)20(21,22)23/h6-7,9-10,17H,5,8,11-13H2,1-4H3. The fraction of sp³-hybridized carbons (Fsp3) is 0.600. The minimum atomic E-state index is -4.39. The number of anilines is 1. The van der Waals surface area contributed by atoms with Gasteiger partial charge in [-0.2, -0.15) is 13.2 Å². The van der Waals surface area contributed by atoms with Gasteiger partial charge >= 0.3 is 12.3 Å². The van der Waals surface area contributed by atoms with Gasteiger partial charge in [0.1, 0.15) is 11.4 Å². The Morgan fingerprint density at radius 2 is 1.71 bits per heavy atom. The number of ketones is 1. The van der Waals surface area contributed by atoms with Crippen molar-refractivity contribution in [1.29, 1.82) is 0 Å². The van der Waals surface area contributed by atoms with Crippen LogP contribution in [0.3, 0.4) is 0 Å². The minimum absolute atomic E-state index is 0.0294. The predicted octanol–water partition coefficient (Wildman–Crippen LogP) is 4.50. The van der Waals surface area contributed by atoms with Gasteiger partial charge < -0.3 is 19.3 Å². The molecule has 0 N–H and O–H groups in total. The van der Waals surface area contributed by atoms with E-state index >= 15 is 0 Å². The number of hydrogen-bond acceptors (Lipinski definition) is 4. The number of hydrogen-bond donors (Lipinski definition) is 0. The van der Waals surface area contributed by atoms with Gasteiger partial charge in [-0.1, -0.05) is 0 Å². The Morgan fingerprint density at radius 3 is 2.21 bits per heavy atom. The van der Waals surface area contributed by atoms with E-state index in [0.29, 0.717) is 38.2 Å². The number of Topliss-reactive ketones (excluding diaryl/α,β-unsaturated/α-hetero) is 1. The lowest BCUT2D eigenvalue weighted by atomic mass is 10.0. The maximum Gasteiger partial charge on any atom is 0.416 e. The number of carbonyl (C=O) groups is 2. The van der Waals surface area contributed by atoms with Gasteiger partial charge in [-0.15, -0.1) is 0 Å². The van der Waals surface area contributed by atoms with Gasteiger partial charge in [-0.3, -0.25) is 0 Å². The molecule has 1 unspecified atom stereocenters. The van der Waals surface area contributed by atoms with Crippen LogP contribution >= 0.6 is 0 Å². The van der Waals surface area contributed by atoms with Crippen LogP contribution in [-0.4, -0.2) is 48.1 Å². The number of ether oxygens (including phenoxy) is 1. The number of amides is 1. The molecule has 28 heavy (non-hydrogen) atoms. The van der Waals surface area contributed by atoms with E-state index in [1.807, 2.05) is 4.90 Å². The molecule has 1 heterocycles. The van der Waals surface area contributed by atoms with Crippen molar-refractivity contribution in [2.75, 3.05) is 24.5 Å². The zero-order valence-electron chi connectivity index (χ0n) is 16.7. The minimum Gasteiger partial charge on any atom is -0.444 e. The Balaban J connectivity index is 2.17. The van der Waals surface area contributed by atoms with E-state index in [4.69, 9.17) is 4.74 Å². The molecule has 2 rings (SSSR count). The van der Waals surface area contributed by atoms with Gasteiger partial charge in [0.05, 0.1) is 5.56 Å². The maximum absolute atomic E-state index is 12.8. The summed E-state index contributed by atoms with van der Waals surface area (Å²) in [7, 11) is 0. The number of rotatable bonds is 4. The highest BCUT2D eigenvalue weighted by atomic mass is 19.4. The highest BCUT2D eigenvalue weighted by Crippen LogP contribution is 2.32. The number of benzene rings is 1. The first kappa shape index (κ1) is 22.0. The fourth-order valence-electron chi connectivity index (χ4n) is 3.15. The highest BCUT2D eigenvalue weighted by Gasteiger charge is 2.33. The third kappa shape index (κ3) is 6.14. The van der Waals surface area contributed by atoms with Crippen molar-refractivity contribution in [3.05, 3.63) is 29.8 Å². The van der Waals surface area contributed by atoms with Crippen LogP contribution < -0.4 is 4.90 Å². The second kappa shape index (κ2) is 8.41. The summed E-state index contributed by atoms with van der Waals surface area (Å²) in [6.45, 7) is 8.06. The summed E-state index contributed by atoms with van der Waals surface area (Å²) in [6, 6.07) is 4.80. The van der Waals surface area contributed by atoms with Crippen molar-refractivity contribution in [3.63, 3.8) is 0 Å². The van der Waals surface area contributed by atoms with Crippen LogP contribution in [0.4, 0.5) is 23.7 Å². The average Bonchev–Trinajstić information content (AvgIpc) is 2.57. The van der Waals surface area contributed by atoms with Crippen molar-refractivity contribution in [3.8, 4) is 0 Å². The van der Waals surface area contributed by atoms with Gasteiger partial charge in [0.15, 0.2) is 0 Å². The van der Waals surface area contributed by atoms with Crippen LogP contribution in [0.15, 0.2) is 24.3 Å². The monoisotopic (exact) mass is 400 g/mol. The fourth-order valence-corrected chi connectivity index (χ4v) is 3.15. The van der Waals surface area contributed by atoms with Crippen LogP contribution in [0.5, 0.6) is 0 Å². The van der Waals surface area contributed by atoms with E-state index < -0.39 is 23.4 Å². The van der Waals surface area contributed by atoms with E-state index in [1.165, 1.54) is 19.1 Å². The summed E-state index contributed by atoms with van der Waals surface area (Å²) < 4.78 is 43.9. The molecule has 1 aromatic rings. The molecule has 0 saturated carbocycles. The van der Waals surface area contributed by atoms with Crippen molar-refractivity contribution >= 4 is 17.6 Å². The van der Waals surface area contributed by atoms with Crippen LogP contribution in [0.2, 0.25) is 0 Å². The molecule has 1 atom stereocenters. The SMILES string of the molecule is CC(=O)CCC1CN(C(=O)OC(C)(C)C)CCN1c1ccc(C(F)(F)F)cc1. The zero-order valence-corrected chi connectivity index (χ0v) is 16.7. The summed E-state index contributed by atoms with van der Waals surface area (Å²) in [5, 5.41) is 0. The molecule has 0 aromatic heterocycles. The zero-order chi connectivity index (χ0) is 21.1. The molecule has 1 aliphatic heterocycles. The van der Waals surface area contributed by atoms with Crippen molar-refractivity contribution in [1.82, 2.24) is 4.90 Å². The van der Waals surface area contributed by atoms with Crippen LogP contribution in [-0.2, 0) is 15.7 Å². The lowest BCUT2D eigenvalue weighted by Crippen LogP contribution is -2.55. The second-order valence-electron chi connectivity index (χ2n) is 8.06. The molecule has 0 spiro atoms. The molecule has 1 aromatic carbocycles. The van der Waals surface area contributed by atoms with Crippen LogP contribution in [0, 0.1) is 0 Å². The number of carbonyl (C=O) groups excluding carboxylic acids is 2. The largest absolute Gasteiger partial charge is 0.444 e. The molecule has 156 valence electrons. The van der Waals surface area contributed by atoms with Gasteiger partial charge in [0.2, 0.25) is 0 Å². The summed E-state index contributed by atoms with van der Waals surface area (Å²) >= 11 is 0. The van der Waals surface area contributed by atoms with E-state index in [1.54, 1.807) is 25.7 Å². The Labute approximate surface area is 163 Å². The maximum atomic E-state index is 12.8. The van der Waals surface area contributed by atoms with Crippen molar-refractivity contribution < 1.29 is 27.5 Å². The van der Waals surface area contributed by atoms with E-state index in [2.05, 4.69) is 0 Å². The molecule has 1 amide bonds. The van der Waals surface area contributed by atoms with Gasteiger partial charge in [0, 0.05) is 37.8 Å². The molecule has 1 fully saturated rings. The molecule has 0 radical (unpaired) electrons. The summed E-state index contributed by atoms with van der Waals surface area (Å²) in [6.07, 6.45) is -3.96. The molecule has 1 saturated heterocycles. The molecule has 8 heteroatoms. The first-order valence-electron chi connectivity index (χ1n) is 9.28. The van der Waals surface area contributed by atoms with Gasteiger partial charge in [-0.05, 0) is 58.4 Å². The smallest absolute Gasteiger partial charge is 0.416 e. The van der Waals surface area contributed by atoms with Crippen molar-refractivity contribution in [2.45, 2.75) is 58.4 Å². The quantitative estimate of drug-likeness (QED) is 0.747. The second-order valence-corrected chi connectivity index (χ2v) is 8.06. The number of nitrogens with zero attached hydrogens (tertiary/aromatic N) is 2. The Morgan fingerprint density at radius 1 is 1.11 bits per heavy atom. The predicted molar refractivity (Wildman–Crippen MR) is 100 cm³/mol. The van der Waals surface area contributed by atoms with Gasteiger partial charge in [0.25, 0.3) is 0 Å². The first-order valence-corrected chi connectivity index (χ1v) is 9.28. The third-order valence-corrected chi connectivity index (χ3v) is 4.49. The molecule has 0 bridgehead atoms. The normalized spacial score (nSPS) is 18.2. The van der Waals surface area contributed by atoms with E-state index in [-0.39, 0.29) is 11.8 Å². The van der Waals surface area contributed by atoms with E-state index in [9.17, 15) is 22.8 Å². The Bertz CT molecular complexity index is 696. The molecule has 0 aliphatic carbocycles. The summed E-state index contributed by atoms with van der Waals surface area (Å²) in [5.41, 5.74) is -0.675. The molecular weight excluding hydrogens is 373 g/mol. The number of piperazine rings is 1. The molecular formula is C20H27F3N2O3. The van der Waals surface area contributed by atoms with E-state index in [0.717, 1.165) is 12.1 Å². The lowest BCUT2D eigenvalue weighted by molar-refractivity contribution is -0.137. The molecule has 1 aliphatic rings. The third-order valence-electron chi connectivity index (χ3n) is 4.49. The topological polar surface area (TPSA) is 49.9 Å². The summed E-state index contributed by atoms with van der Waals surface area (Å²) in [5.74, 6) is 0.0294. The Hall–Kier alpha value is -2.25. The van der Waals surface area contributed by atoms with Crippen LogP contribution in [0.1, 0.15) is 46.1 Å². The highest BCUT2D eigenvalue weighted by molar-refractivity contribution is 5.75. The first-order chi connectivity index (χ1) is 12.9. The van der Waals surface area contributed by atoms with Crippen molar-refractivity contribution in [2.24, 2.45) is 0 Å². The average molecular weight is 400 g/mol. The summed E-state index contributed by atoms with van der Waals surface area (Å²) in [4.78, 5) is 27.4. The Kier molecular flexibility index (Phi) is 6.62. The number of alkyl halides is 3. The molecule has 5 nitrogen and oxygen atoms in total.